The molecule has 142 valence electrons. The second-order valence-electron chi connectivity index (χ2n) is 5.28. The molecule has 0 saturated heterocycles. The van der Waals surface area contributed by atoms with Crippen molar-refractivity contribution < 1.29 is 33.6 Å². The SMILES string of the molecule is CCC(C)C(=O)OCCOCOCCSCC(C)C(=O)OCCO. The first-order chi connectivity index (χ1) is 11.5. The van der Waals surface area contributed by atoms with Crippen LogP contribution in [0.5, 0.6) is 0 Å². The zero-order chi connectivity index (χ0) is 18.2. The van der Waals surface area contributed by atoms with E-state index in [1.54, 1.807) is 18.7 Å². The molecule has 0 fully saturated rings. The van der Waals surface area contributed by atoms with Crippen molar-refractivity contribution in [2.75, 3.05) is 51.3 Å². The fraction of sp³-hybridized carbons (Fsp3) is 0.875. The normalized spacial score (nSPS) is 13.3. The Morgan fingerprint density at radius 3 is 2.25 bits per heavy atom. The summed E-state index contributed by atoms with van der Waals surface area (Å²) in [6.07, 6.45) is 0.762. The summed E-state index contributed by atoms with van der Waals surface area (Å²) < 4.78 is 20.4. The zero-order valence-electron chi connectivity index (χ0n) is 14.8. The quantitative estimate of drug-likeness (QED) is 0.265. The summed E-state index contributed by atoms with van der Waals surface area (Å²) in [6, 6.07) is 0. The average molecular weight is 366 g/mol. The predicted molar refractivity (Wildman–Crippen MR) is 91.7 cm³/mol. The van der Waals surface area contributed by atoms with Gasteiger partial charge in [0.1, 0.15) is 20.0 Å². The second kappa shape index (κ2) is 15.7. The van der Waals surface area contributed by atoms with Crippen LogP contribution in [0.4, 0.5) is 0 Å². The van der Waals surface area contributed by atoms with Crippen molar-refractivity contribution in [3.8, 4) is 0 Å². The van der Waals surface area contributed by atoms with Gasteiger partial charge in [-0.05, 0) is 6.42 Å². The van der Waals surface area contributed by atoms with E-state index < -0.39 is 0 Å². The highest BCUT2D eigenvalue weighted by Crippen LogP contribution is 2.09. The van der Waals surface area contributed by atoms with Gasteiger partial charge >= 0.3 is 11.9 Å². The van der Waals surface area contributed by atoms with Crippen molar-refractivity contribution >= 4 is 23.7 Å². The van der Waals surface area contributed by atoms with Crippen molar-refractivity contribution in [1.82, 2.24) is 0 Å². The van der Waals surface area contributed by atoms with Crippen molar-refractivity contribution in [3.05, 3.63) is 0 Å². The number of hydrogen-bond donors (Lipinski definition) is 1. The van der Waals surface area contributed by atoms with E-state index in [0.29, 0.717) is 19.0 Å². The Bertz CT molecular complexity index is 338. The van der Waals surface area contributed by atoms with Gasteiger partial charge in [0.05, 0.1) is 31.7 Å². The van der Waals surface area contributed by atoms with Gasteiger partial charge < -0.3 is 24.1 Å². The molecule has 2 unspecified atom stereocenters. The van der Waals surface area contributed by atoms with Crippen LogP contribution in [-0.2, 0) is 28.5 Å². The largest absolute Gasteiger partial charge is 0.463 e. The van der Waals surface area contributed by atoms with Crippen molar-refractivity contribution in [3.63, 3.8) is 0 Å². The van der Waals surface area contributed by atoms with Crippen LogP contribution < -0.4 is 0 Å². The smallest absolute Gasteiger partial charge is 0.309 e. The number of ether oxygens (including phenoxy) is 4. The summed E-state index contributed by atoms with van der Waals surface area (Å²) in [5, 5.41) is 8.57. The average Bonchev–Trinajstić information content (AvgIpc) is 2.59. The molecule has 24 heavy (non-hydrogen) atoms. The summed E-state index contributed by atoms with van der Waals surface area (Å²) in [5.74, 6) is 0.585. The lowest BCUT2D eigenvalue weighted by Gasteiger charge is -2.11. The Balaban J connectivity index is 3.36. The molecule has 0 aromatic heterocycles. The van der Waals surface area contributed by atoms with E-state index in [2.05, 4.69) is 0 Å². The molecule has 0 radical (unpaired) electrons. The molecule has 0 aromatic carbocycles. The first-order valence-electron chi connectivity index (χ1n) is 8.20. The molecule has 0 saturated carbocycles. The summed E-state index contributed by atoms with van der Waals surface area (Å²) in [7, 11) is 0. The molecule has 7 nitrogen and oxygen atoms in total. The monoisotopic (exact) mass is 366 g/mol. The number of thioether (sulfide) groups is 1. The number of hydrogen-bond acceptors (Lipinski definition) is 8. The van der Waals surface area contributed by atoms with Crippen LogP contribution in [0, 0.1) is 11.8 Å². The fourth-order valence-electron chi connectivity index (χ4n) is 1.42. The lowest BCUT2D eigenvalue weighted by molar-refractivity contribution is -0.151. The molecular weight excluding hydrogens is 336 g/mol. The Hall–Kier alpha value is -0.830. The zero-order valence-corrected chi connectivity index (χ0v) is 15.6. The third-order valence-electron chi connectivity index (χ3n) is 3.13. The maximum atomic E-state index is 11.4. The van der Waals surface area contributed by atoms with E-state index in [1.807, 2.05) is 13.8 Å². The highest BCUT2D eigenvalue weighted by Gasteiger charge is 2.14. The van der Waals surface area contributed by atoms with E-state index in [4.69, 9.17) is 24.1 Å². The summed E-state index contributed by atoms with van der Waals surface area (Å²) >= 11 is 1.59. The fourth-order valence-corrected chi connectivity index (χ4v) is 2.31. The highest BCUT2D eigenvalue weighted by molar-refractivity contribution is 7.99. The summed E-state index contributed by atoms with van der Waals surface area (Å²) in [4.78, 5) is 22.8. The number of carbonyl (C=O) groups excluding carboxylic acids is 2. The molecule has 0 aliphatic carbocycles. The van der Waals surface area contributed by atoms with Crippen LogP contribution >= 0.6 is 11.8 Å². The van der Waals surface area contributed by atoms with Gasteiger partial charge in [-0.15, -0.1) is 0 Å². The minimum absolute atomic E-state index is 0.0426. The summed E-state index contributed by atoms with van der Waals surface area (Å²) in [6.45, 7) is 6.64. The third kappa shape index (κ3) is 12.6. The van der Waals surface area contributed by atoms with Crippen molar-refractivity contribution in [1.29, 1.82) is 0 Å². The minimum Gasteiger partial charge on any atom is -0.463 e. The van der Waals surface area contributed by atoms with Gasteiger partial charge in [0.15, 0.2) is 0 Å². The van der Waals surface area contributed by atoms with Crippen LogP contribution in [0.2, 0.25) is 0 Å². The maximum absolute atomic E-state index is 11.4. The van der Waals surface area contributed by atoms with Crippen LogP contribution in [0.15, 0.2) is 0 Å². The number of rotatable bonds is 15. The van der Waals surface area contributed by atoms with Gasteiger partial charge in [0.2, 0.25) is 0 Å². The van der Waals surface area contributed by atoms with Crippen LogP contribution in [0.3, 0.4) is 0 Å². The van der Waals surface area contributed by atoms with Crippen molar-refractivity contribution in [2.45, 2.75) is 27.2 Å². The number of aliphatic hydroxyl groups is 1. The molecule has 8 heteroatoms. The first kappa shape index (κ1) is 23.2. The summed E-state index contributed by atoms with van der Waals surface area (Å²) in [5.41, 5.74) is 0. The van der Waals surface area contributed by atoms with Gasteiger partial charge in [0, 0.05) is 11.5 Å². The molecular formula is C16H30O7S. The van der Waals surface area contributed by atoms with Gasteiger partial charge in [-0.3, -0.25) is 9.59 Å². The standard InChI is InChI=1S/C16H30O7S/c1-4-13(2)15(18)23-8-7-20-12-21-9-10-24-11-14(3)16(19)22-6-5-17/h13-14,17H,4-12H2,1-3H3. The number of aliphatic hydroxyl groups excluding tert-OH is 1. The first-order valence-corrected chi connectivity index (χ1v) is 9.35. The molecule has 0 bridgehead atoms. The number of esters is 2. The van der Waals surface area contributed by atoms with Crippen LogP contribution in [-0.4, -0.2) is 68.4 Å². The van der Waals surface area contributed by atoms with Gasteiger partial charge in [-0.25, -0.2) is 0 Å². The molecule has 0 rings (SSSR count). The molecule has 0 heterocycles. The molecule has 0 spiro atoms. The van der Waals surface area contributed by atoms with Gasteiger partial charge in [-0.2, -0.15) is 11.8 Å². The maximum Gasteiger partial charge on any atom is 0.309 e. The minimum atomic E-state index is -0.298. The Morgan fingerprint density at radius 1 is 0.958 bits per heavy atom. The third-order valence-corrected chi connectivity index (χ3v) is 4.32. The van der Waals surface area contributed by atoms with E-state index in [1.165, 1.54) is 0 Å². The molecule has 0 aliphatic heterocycles. The van der Waals surface area contributed by atoms with Gasteiger partial charge in [-0.1, -0.05) is 20.8 Å². The van der Waals surface area contributed by atoms with Crippen LogP contribution in [0.25, 0.3) is 0 Å². The van der Waals surface area contributed by atoms with Crippen LogP contribution in [0.1, 0.15) is 27.2 Å². The molecule has 1 N–H and O–H groups in total. The van der Waals surface area contributed by atoms with Crippen molar-refractivity contribution in [2.24, 2.45) is 11.8 Å². The lowest BCUT2D eigenvalue weighted by Crippen LogP contribution is -2.19. The predicted octanol–water partition coefficient (Wildman–Crippen LogP) is 1.47. The molecule has 2 atom stereocenters. The Morgan fingerprint density at radius 2 is 1.58 bits per heavy atom. The van der Waals surface area contributed by atoms with E-state index in [-0.39, 0.29) is 50.4 Å². The molecule has 0 aromatic rings. The van der Waals surface area contributed by atoms with E-state index in [9.17, 15) is 9.59 Å². The lowest BCUT2D eigenvalue weighted by atomic mass is 10.1. The number of carbonyl (C=O) groups is 2. The Kier molecular flexibility index (Phi) is 15.1. The molecule has 0 aliphatic rings. The second-order valence-corrected chi connectivity index (χ2v) is 6.43. The topological polar surface area (TPSA) is 91.3 Å². The van der Waals surface area contributed by atoms with Gasteiger partial charge in [0.25, 0.3) is 0 Å². The Labute approximate surface area is 148 Å². The molecule has 0 amide bonds. The van der Waals surface area contributed by atoms with E-state index >= 15 is 0 Å². The van der Waals surface area contributed by atoms with E-state index in [0.717, 1.165) is 12.2 Å². The highest BCUT2D eigenvalue weighted by atomic mass is 32.2.